The molecular formula is C32H44N2O7S. The number of nitrogens with zero attached hydrogens (tertiary/aromatic N) is 1. The van der Waals surface area contributed by atoms with Crippen LogP contribution in [0.2, 0.25) is 0 Å². The summed E-state index contributed by atoms with van der Waals surface area (Å²) >= 11 is 0. The Kier molecular flexibility index (Phi) is 11.2. The van der Waals surface area contributed by atoms with Gasteiger partial charge in [-0.05, 0) is 67.0 Å². The fraction of sp³-hybridized carbons (Fsp3) is 0.562. The summed E-state index contributed by atoms with van der Waals surface area (Å²) in [6.45, 7) is 4.08. The molecule has 2 aromatic rings. The smallest absolute Gasteiger partial charge is 0.326 e. The number of ether oxygens (including phenoxy) is 2. The summed E-state index contributed by atoms with van der Waals surface area (Å²) in [6.07, 6.45) is 8.20. The molecular weight excluding hydrogens is 556 g/mol. The minimum absolute atomic E-state index is 0.130. The van der Waals surface area contributed by atoms with Crippen molar-refractivity contribution >= 4 is 21.7 Å². The lowest BCUT2D eigenvalue weighted by Gasteiger charge is -2.28. The van der Waals surface area contributed by atoms with E-state index in [-0.39, 0.29) is 24.3 Å². The molecule has 42 heavy (non-hydrogen) atoms. The molecule has 0 aromatic heterocycles. The molecule has 10 heteroatoms. The van der Waals surface area contributed by atoms with Gasteiger partial charge in [0.15, 0.2) is 0 Å². The van der Waals surface area contributed by atoms with Crippen LogP contribution in [0.25, 0.3) is 11.1 Å². The van der Waals surface area contributed by atoms with Crippen LogP contribution in [0.5, 0.6) is 0 Å². The maximum Gasteiger partial charge on any atom is 0.326 e. The summed E-state index contributed by atoms with van der Waals surface area (Å²) < 4.78 is 35.3. The van der Waals surface area contributed by atoms with Crippen LogP contribution in [0.4, 0.5) is 0 Å². The van der Waals surface area contributed by atoms with Gasteiger partial charge in [0.2, 0.25) is 0 Å². The average molecular weight is 601 g/mol. The molecule has 1 heterocycles. The molecule has 2 aliphatic rings. The Hall–Kier alpha value is -2.79. The highest BCUT2D eigenvalue weighted by Gasteiger charge is 2.33. The monoisotopic (exact) mass is 600 g/mol. The molecule has 1 saturated heterocycles. The molecule has 2 fully saturated rings. The van der Waals surface area contributed by atoms with Crippen molar-refractivity contribution in [1.82, 2.24) is 10.2 Å². The van der Waals surface area contributed by atoms with Crippen LogP contribution < -0.4 is 5.32 Å². The van der Waals surface area contributed by atoms with Crippen LogP contribution in [0.3, 0.4) is 0 Å². The highest BCUT2D eigenvalue weighted by Crippen LogP contribution is 2.31. The first-order valence-corrected chi connectivity index (χ1v) is 16.9. The van der Waals surface area contributed by atoms with E-state index in [2.05, 4.69) is 10.2 Å². The van der Waals surface area contributed by atoms with Crippen molar-refractivity contribution in [2.75, 3.05) is 32.3 Å². The van der Waals surface area contributed by atoms with Crippen LogP contribution in [0.1, 0.15) is 66.4 Å². The van der Waals surface area contributed by atoms with Gasteiger partial charge in [0, 0.05) is 38.1 Å². The van der Waals surface area contributed by atoms with Crippen molar-refractivity contribution < 1.29 is 32.6 Å². The SMILES string of the molecule is CO[C@@H]1C[C@H](COC2CCCCC2)N(Cc2ccc(C(=O)N[C@@H](CCS(C)(=O)=O)C(=O)O)c(-c3ccccc3C)c2)C1. The number of likely N-dealkylation sites (tertiary alicyclic amines) is 1. The molecule has 0 unspecified atom stereocenters. The van der Waals surface area contributed by atoms with E-state index >= 15 is 0 Å². The molecule has 0 spiro atoms. The van der Waals surface area contributed by atoms with E-state index in [9.17, 15) is 23.1 Å². The summed E-state index contributed by atoms with van der Waals surface area (Å²) in [6, 6.07) is 12.3. The number of aryl methyl sites for hydroxylation is 1. The maximum atomic E-state index is 13.4. The second-order valence-corrected chi connectivity index (χ2v) is 14.0. The lowest BCUT2D eigenvalue weighted by atomic mass is 9.93. The summed E-state index contributed by atoms with van der Waals surface area (Å²) in [4.78, 5) is 27.7. The van der Waals surface area contributed by atoms with Crippen LogP contribution >= 0.6 is 0 Å². The molecule has 2 N–H and O–H groups in total. The molecule has 1 aliphatic carbocycles. The minimum atomic E-state index is -3.39. The van der Waals surface area contributed by atoms with E-state index in [0.29, 0.717) is 30.4 Å². The minimum Gasteiger partial charge on any atom is -0.480 e. The molecule has 9 nitrogen and oxygen atoms in total. The van der Waals surface area contributed by atoms with E-state index in [1.165, 1.54) is 19.3 Å². The van der Waals surface area contributed by atoms with Gasteiger partial charge in [-0.25, -0.2) is 13.2 Å². The maximum absolute atomic E-state index is 13.4. The largest absolute Gasteiger partial charge is 0.480 e. The van der Waals surface area contributed by atoms with Crippen molar-refractivity contribution in [3.8, 4) is 11.1 Å². The van der Waals surface area contributed by atoms with E-state index in [1.54, 1.807) is 13.2 Å². The molecule has 3 atom stereocenters. The van der Waals surface area contributed by atoms with Gasteiger partial charge < -0.3 is 19.9 Å². The van der Waals surface area contributed by atoms with E-state index in [1.807, 2.05) is 43.3 Å². The Balaban J connectivity index is 1.57. The number of hydrogen-bond donors (Lipinski definition) is 2. The fourth-order valence-corrected chi connectivity index (χ4v) is 6.66. The standard InChI is InChI=1S/C32H44N2O7S/c1-22-9-7-8-12-27(22)29-17-23(13-14-28(29)31(35)33-30(32(36)37)15-16-42(3,38)39)19-34-20-26(40-2)18-24(34)21-41-25-10-5-4-6-11-25/h7-9,12-14,17,24-26,30H,4-6,10-11,15-16,18-21H2,1-3H3,(H,33,35)(H,36,37)/t24-,26-,30+/m1/s1. The zero-order chi connectivity index (χ0) is 30.3. The summed E-state index contributed by atoms with van der Waals surface area (Å²) in [5.41, 5.74) is 3.92. The van der Waals surface area contributed by atoms with E-state index < -0.39 is 27.8 Å². The quantitative estimate of drug-likeness (QED) is 0.351. The molecule has 230 valence electrons. The number of sulfone groups is 1. The predicted molar refractivity (Wildman–Crippen MR) is 162 cm³/mol. The van der Waals surface area contributed by atoms with Gasteiger partial charge in [0.25, 0.3) is 5.91 Å². The van der Waals surface area contributed by atoms with Crippen LogP contribution in [-0.2, 0) is 30.7 Å². The lowest BCUT2D eigenvalue weighted by Crippen LogP contribution is -2.42. The van der Waals surface area contributed by atoms with Crippen LogP contribution in [-0.4, -0.2) is 86.9 Å². The second kappa shape index (κ2) is 14.6. The van der Waals surface area contributed by atoms with Gasteiger partial charge in [0.05, 0.1) is 24.6 Å². The molecule has 1 amide bonds. The number of rotatable bonds is 13. The molecule has 0 radical (unpaired) electrons. The number of aliphatic carboxylic acids is 1. The normalized spacial score (nSPS) is 20.8. The van der Waals surface area contributed by atoms with Gasteiger partial charge in [0.1, 0.15) is 15.9 Å². The number of nitrogens with one attached hydrogen (secondary N) is 1. The number of carboxylic acid groups (broad SMARTS) is 1. The molecule has 1 aliphatic heterocycles. The number of carbonyl (C=O) groups is 2. The Labute approximate surface area is 249 Å². The van der Waals surface area contributed by atoms with E-state index in [4.69, 9.17) is 9.47 Å². The van der Waals surface area contributed by atoms with E-state index in [0.717, 1.165) is 48.8 Å². The molecule has 4 rings (SSSR count). The number of amides is 1. The Morgan fingerprint density at radius 3 is 2.48 bits per heavy atom. The Morgan fingerprint density at radius 2 is 1.81 bits per heavy atom. The lowest BCUT2D eigenvalue weighted by molar-refractivity contribution is -0.139. The number of carboxylic acids is 1. The van der Waals surface area contributed by atoms with Crippen molar-refractivity contribution in [1.29, 1.82) is 0 Å². The van der Waals surface area contributed by atoms with Gasteiger partial charge >= 0.3 is 5.97 Å². The average Bonchev–Trinajstić information content (AvgIpc) is 3.35. The molecule has 1 saturated carbocycles. The third kappa shape index (κ3) is 8.86. The van der Waals surface area contributed by atoms with Gasteiger partial charge in [-0.2, -0.15) is 0 Å². The highest BCUT2D eigenvalue weighted by atomic mass is 32.2. The van der Waals surface area contributed by atoms with Crippen molar-refractivity contribution in [2.24, 2.45) is 0 Å². The Bertz CT molecular complexity index is 1340. The van der Waals surface area contributed by atoms with Gasteiger partial charge in [-0.1, -0.05) is 49.6 Å². The number of hydrogen-bond acceptors (Lipinski definition) is 7. The summed E-state index contributed by atoms with van der Waals surface area (Å²) in [5, 5.41) is 12.2. The molecule has 2 aromatic carbocycles. The van der Waals surface area contributed by atoms with Gasteiger partial charge in [-0.15, -0.1) is 0 Å². The van der Waals surface area contributed by atoms with Crippen LogP contribution in [0.15, 0.2) is 42.5 Å². The number of methoxy groups -OCH3 is 1. The van der Waals surface area contributed by atoms with Crippen LogP contribution in [0, 0.1) is 6.92 Å². The molecule has 0 bridgehead atoms. The first-order chi connectivity index (χ1) is 20.0. The van der Waals surface area contributed by atoms with Crippen molar-refractivity contribution in [3.63, 3.8) is 0 Å². The van der Waals surface area contributed by atoms with Gasteiger partial charge in [-0.3, -0.25) is 9.69 Å². The third-order valence-corrected chi connectivity index (χ3v) is 9.41. The predicted octanol–water partition coefficient (Wildman–Crippen LogP) is 4.22. The highest BCUT2D eigenvalue weighted by molar-refractivity contribution is 7.90. The zero-order valence-corrected chi connectivity index (χ0v) is 25.7. The number of benzene rings is 2. The third-order valence-electron chi connectivity index (χ3n) is 8.43. The first kappa shape index (κ1) is 32.1. The first-order valence-electron chi connectivity index (χ1n) is 14.8. The van der Waals surface area contributed by atoms with Crippen molar-refractivity contribution in [3.05, 3.63) is 59.2 Å². The topological polar surface area (TPSA) is 122 Å². The summed E-state index contributed by atoms with van der Waals surface area (Å²) in [5.74, 6) is -2.16. The zero-order valence-electron chi connectivity index (χ0n) is 24.9. The van der Waals surface area contributed by atoms with Crippen molar-refractivity contribution in [2.45, 2.75) is 82.7 Å². The Morgan fingerprint density at radius 1 is 1.07 bits per heavy atom. The summed E-state index contributed by atoms with van der Waals surface area (Å²) in [7, 11) is -1.64. The fourth-order valence-electron chi connectivity index (χ4n) is 6.00. The number of carbonyl (C=O) groups excluding carboxylic acids is 1. The second-order valence-electron chi connectivity index (χ2n) is 11.7.